The number of amides is 1. The molecule has 1 aromatic heterocycles. The molecule has 1 aliphatic rings. The SMILES string of the molecule is CCn1nnc2cc(C(=O)N3CC(O)(CC)C3)ccc21. The van der Waals surface area contributed by atoms with Gasteiger partial charge in [0.15, 0.2) is 0 Å². The summed E-state index contributed by atoms with van der Waals surface area (Å²) in [7, 11) is 0. The predicted molar refractivity (Wildman–Crippen MR) is 74.3 cm³/mol. The molecule has 0 atom stereocenters. The van der Waals surface area contributed by atoms with E-state index in [4.69, 9.17) is 0 Å². The highest BCUT2D eigenvalue weighted by Crippen LogP contribution is 2.26. The first-order valence-electron chi connectivity index (χ1n) is 6.91. The molecule has 6 nitrogen and oxygen atoms in total. The summed E-state index contributed by atoms with van der Waals surface area (Å²) >= 11 is 0. The molecule has 0 aliphatic carbocycles. The number of benzene rings is 1. The van der Waals surface area contributed by atoms with Gasteiger partial charge < -0.3 is 10.0 Å². The minimum atomic E-state index is -0.703. The summed E-state index contributed by atoms with van der Waals surface area (Å²) in [5, 5.41) is 18.1. The van der Waals surface area contributed by atoms with Crippen LogP contribution in [0, 0.1) is 0 Å². The van der Waals surface area contributed by atoms with Gasteiger partial charge in [-0.1, -0.05) is 12.1 Å². The van der Waals surface area contributed by atoms with Crippen molar-refractivity contribution in [2.24, 2.45) is 0 Å². The molecular weight excluding hydrogens is 256 g/mol. The van der Waals surface area contributed by atoms with E-state index in [9.17, 15) is 9.90 Å². The van der Waals surface area contributed by atoms with E-state index in [2.05, 4.69) is 10.3 Å². The Bertz CT molecular complexity index is 658. The second-order valence-corrected chi connectivity index (χ2v) is 5.35. The van der Waals surface area contributed by atoms with E-state index in [-0.39, 0.29) is 5.91 Å². The smallest absolute Gasteiger partial charge is 0.254 e. The Morgan fingerprint density at radius 3 is 2.80 bits per heavy atom. The normalized spacial score (nSPS) is 17.2. The summed E-state index contributed by atoms with van der Waals surface area (Å²) in [6.07, 6.45) is 0.667. The molecular formula is C14H18N4O2. The number of β-amino-alcohol motifs (C(OH)–C–C–N with tert-alkyl or cyclic N) is 1. The van der Waals surface area contributed by atoms with E-state index in [1.54, 1.807) is 21.7 Å². The number of likely N-dealkylation sites (tertiary alicyclic amines) is 1. The number of rotatable bonds is 3. The maximum atomic E-state index is 12.3. The number of carbonyl (C=O) groups excluding carboxylic acids is 1. The van der Waals surface area contributed by atoms with Crippen molar-refractivity contribution in [3.63, 3.8) is 0 Å². The van der Waals surface area contributed by atoms with Crippen LogP contribution in [-0.2, 0) is 6.54 Å². The largest absolute Gasteiger partial charge is 0.386 e. The van der Waals surface area contributed by atoms with E-state index in [1.807, 2.05) is 19.9 Å². The van der Waals surface area contributed by atoms with Crippen LogP contribution in [0.4, 0.5) is 0 Å². The quantitative estimate of drug-likeness (QED) is 0.908. The number of hydrogen-bond donors (Lipinski definition) is 1. The van der Waals surface area contributed by atoms with Gasteiger partial charge in [0.05, 0.1) is 24.2 Å². The van der Waals surface area contributed by atoms with Crippen LogP contribution in [0.5, 0.6) is 0 Å². The molecule has 0 spiro atoms. The van der Waals surface area contributed by atoms with E-state index in [0.29, 0.717) is 25.1 Å². The van der Waals surface area contributed by atoms with Crippen molar-refractivity contribution in [1.29, 1.82) is 0 Å². The summed E-state index contributed by atoms with van der Waals surface area (Å²) in [4.78, 5) is 14.0. The Balaban J connectivity index is 1.83. The van der Waals surface area contributed by atoms with Gasteiger partial charge in [-0.3, -0.25) is 4.79 Å². The molecule has 1 N–H and O–H groups in total. The van der Waals surface area contributed by atoms with E-state index < -0.39 is 5.60 Å². The molecule has 3 rings (SSSR count). The molecule has 0 saturated carbocycles. The van der Waals surface area contributed by atoms with Gasteiger partial charge in [0.1, 0.15) is 5.52 Å². The molecule has 6 heteroatoms. The van der Waals surface area contributed by atoms with Crippen LogP contribution >= 0.6 is 0 Å². The third-order valence-corrected chi connectivity index (χ3v) is 3.98. The molecule has 0 unspecified atom stereocenters. The zero-order chi connectivity index (χ0) is 14.3. The molecule has 0 radical (unpaired) electrons. The van der Waals surface area contributed by atoms with Gasteiger partial charge in [-0.25, -0.2) is 4.68 Å². The molecule has 0 bridgehead atoms. The number of aliphatic hydroxyl groups is 1. The van der Waals surface area contributed by atoms with Gasteiger partial charge >= 0.3 is 0 Å². The van der Waals surface area contributed by atoms with E-state index in [0.717, 1.165) is 17.6 Å². The lowest BCUT2D eigenvalue weighted by atomic mass is 9.90. The van der Waals surface area contributed by atoms with Crippen molar-refractivity contribution in [1.82, 2.24) is 19.9 Å². The average molecular weight is 274 g/mol. The fraction of sp³-hybridized carbons (Fsp3) is 0.500. The van der Waals surface area contributed by atoms with Crippen molar-refractivity contribution >= 4 is 16.9 Å². The topological polar surface area (TPSA) is 71.2 Å². The fourth-order valence-corrected chi connectivity index (χ4v) is 2.55. The van der Waals surface area contributed by atoms with Crippen molar-refractivity contribution in [2.75, 3.05) is 13.1 Å². The van der Waals surface area contributed by atoms with Gasteiger partial charge in [-0.15, -0.1) is 5.10 Å². The van der Waals surface area contributed by atoms with Crippen LogP contribution < -0.4 is 0 Å². The Kier molecular flexibility index (Phi) is 2.97. The summed E-state index contributed by atoms with van der Waals surface area (Å²) in [5.74, 6) is -0.0592. The van der Waals surface area contributed by atoms with Crippen LogP contribution in [0.2, 0.25) is 0 Å². The zero-order valence-electron chi connectivity index (χ0n) is 11.7. The highest BCUT2D eigenvalue weighted by molar-refractivity contribution is 5.97. The average Bonchev–Trinajstić information content (AvgIpc) is 2.85. The number of fused-ring (bicyclic) bond motifs is 1. The second-order valence-electron chi connectivity index (χ2n) is 5.35. The molecule has 1 aliphatic heterocycles. The first-order valence-corrected chi connectivity index (χ1v) is 6.91. The molecule has 1 fully saturated rings. The van der Waals surface area contributed by atoms with Gasteiger partial charge in [-0.2, -0.15) is 0 Å². The second kappa shape index (κ2) is 4.56. The molecule has 1 saturated heterocycles. The van der Waals surface area contributed by atoms with Gasteiger partial charge in [0.2, 0.25) is 0 Å². The highest BCUT2D eigenvalue weighted by atomic mass is 16.3. The lowest BCUT2D eigenvalue weighted by Crippen LogP contribution is -2.63. The van der Waals surface area contributed by atoms with Crippen molar-refractivity contribution in [3.05, 3.63) is 23.8 Å². The first-order chi connectivity index (χ1) is 9.56. The zero-order valence-corrected chi connectivity index (χ0v) is 11.7. The fourth-order valence-electron chi connectivity index (χ4n) is 2.55. The summed E-state index contributed by atoms with van der Waals surface area (Å²) in [5.41, 5.74) is 1.55. The highest BCUT2D eigenvalue weighted by Gasteiger charge is 2.42. The van der Waals surface area contributed by atoms with Crippen LogP contribution in [0.15, 0.2) is 18.2 Å². The standard InChI is InChI=1S/C14H18N4O2/c1-3-14(20)8-17(9-14)13(19)10-5-6-12-11(7-10)15-16-18(12)4-2/h5-7,20H,3-4,8-9H2,1-2H3. The van der Waals surface area contributed by atoms with Crippen LogP contribution in [-0.4, -0.2) is 49.6 Å². The maximum absolute atomic E-state index is 12.3. The molecule has 2 heterocycles. The van der Waals surface area contributed by atoms with Gasteiger partial charge in [0, 0.05) is 12.1 Å². The first kappa shape index (κ1) is 13.1. The van der Waals surface area contributed by atoms with Crippen LogP contribution in [0.1, 0.15) is 30.6 Å². The maximum Gasteiger partial charge on any atom is 0.254 e. The lowest BCUT2D eigenvalue weighted by Gasteiger charge is -2.46. The Morgan fingerprint density at radius 2 is 2.15 bits per heavy atom. The number of aromatic nitrogens is 3. The molecule has 2 aromatic rings. The third-order valence-electron chi connectivity index (χ3n) is 3.98. The predicted octanol–water partition coefficient (Wildman–Crippen LogP) is 1.05. The monoisotopic (exact) mass is 274 g/mol. The third kappa shape index (κ3) is 1.96. The number of carbonyl (C=O) groups is 1. The minimum absolute atomic E-state index is 0.0592. The molecule has 1 aromatic carbocycles. The van der Waals surface area contributed by atoms with Crippen molar-refractivity contribution in [2.45, 2.75) is 32.4 Å². The van der Waals surface area contributed by atoms with E-state index >= 15 is 0 Å². The van der Waals surface area contributed by atoms with Crippen molar-refractivity contribution in [3.8, 4) is 0 Å². The van der Waals surface area contributed by atoms with Crippen LogP contribution in [0.3, 0.4) is 0 Å². The Hall–Kier alpha value is -1.95. The summed E-state index contributed by atoms with van der Waals surface area (Å²) in [6.45, 7) is 5.49. The lowest BCUT2D eigenvalue weighted by molar-refractivity contribution is -0.0826. The van der Waals surface area contributed by atoms with E-state index in [1.165, 1.54) is 0 Å². The van der Waals surface area contributed by atoms with Gasteiger partial charge in [-0.05, 0) is 31.5 Å². The number of aryl methyl sites for hydroxylation is 1. The van der Waals surface area contributed by atoms with Crippen molar-refractivity contribution < 1.29 is 9.90 Å². The number of hydrogen-bond acceptors (Lipinski definition) is 4. The summed E-state index contributed by atoms with van der Waals surface area (Å²) < 4.78 is 1.79. The van der Waals surface area contributed by atoms with Crippen LogP contribution in [0.25, 0.3) is 11.0 Å². The Morgan fingerprint density at radius 1 is 1.40 bits per heavy atom. The molecule has 20 heavy (non-hydrogen) atoms. The van der Waals surface area contributed by atoms with Gasteiger partial charge in [0.25, 0.3) is 5.91 Å². The molecule has 106 valence electrons. The Labute approximate surface area is 117 Å². The summed E-state index contributed by atoms with van der Waals surface area (Å²) in [6, 6.07) is 5.43. The minimum Gasteiger partial charge on any atom is -0.386 e. The number of nitrogens with zero attached hydrogens (tertiary/aromatic N) is 4. The molecule has 1 amide bonds.